The highest BCUT2D eigenvalue weighted by molar-refractivity contribution is 6.34. The maximum Gasteiger partial charge on any atom is 0.389 e. The maximum absolute atomic E-state index is 13.7. The van der Waals surface area contributed by atoms with E-state index in [0.29, 0.717) is 32.1 Å². The smallest absolute Gasteiger partial charge is 0.348 e. The van der Waals surface area contributed by atoms with Crippen LogP contribution in [0.1, 0.15) is 65.9 Å². The number of H-pyrrole nitrogens is 1. The first-order valence-electron chi connectivity index (χ1n) is 11.3. The number of Topliss-reactive ketones (excluding diaryl/α,β-unsaturated/α-hetero) is 1. The Hall–Kier alpha value is -3.02. The zero-order chi connectivity index (χ0) is 26.3. The maximum atomic E-state index is 13.7. The van der Waals surface area contributed by atoms with Crippen molar-refractivity contribution in [2.75, 3.05) is 11.4 Å². The summed E-state index contributed by atoms with van der Waals surface area (Å²) in [6.07, 6.45) is -3.36. The summed E-state index contributed by atoms with van der Waals surface area (Å²) < 4.78 is 64.5. The third-order valence-corrected chi connectivity index (χ3v) is 7.14. The van der Waals surface area contributed by atoms with Gasteiger partial charge in [-0.1, -0.05) is 11.6 Å². The lowest BCUT2D eigenvalue weighted by atomic mass is 9.71. The number of rotatable bonds is 6. The molecule has 2 aliphatic rings. The Morgan fingerprint density at radius 1 is 1.17 bits per heavy atom. The summed E-state index contributed by atoms with van der Waals surface area (Å²) in [5.41, 5.74) is -1.18. The van der Waals surface area contributed by atoms with E-state index in [9.17, 15) is 36.3 Å². The number of anilines is 1. The quantitative estimate of drug-likeness (QED) is 0.312. The van der Waals surface area contributed by atoms with E-state index < -0.39 is 47.8 Å². The molecular formula is C23H22ClF5N4O3. The number of carbonyl (C=O) groups is 3. The van der Waals surface area contributed by atoms with Gasteiger partial charge in [-0.25, -0.2) is 13.8 Å². The van der Waals surface area contributed by atoms with Crippen LogP contribution in [-0.2, 0) is 4.79 Å². The number of alkyl halides is 3. The Morgan fingerprint density at radius 2 is 1.83 bits per heavy atom. The Morgan fingerprint density at radius 3 is 2.50 bits per heavy atom. The number of hydrogen-bond acceptors (Lipinski definition) is 4. The normalized spacial score (nSPS) is 22.3. The number of ketones is 1. The molecular weight excluding hydrogens is 511 g/mol. The van der Waals surface area contributed by atoms with Gasteiger partial charge in [-0.2, -0.15) is 13.2 Å². The van der Waals surface area contributed by atoms with E-state index in [1.807, 2.05) is 0 Å². The molecule has 0 radical (unpaired) electrons. The van der Waals surface area contributed by atoms with E-state index in [2.05, 4.69) is 15.3 Å². The predicted molar refractivity (Wildman–Crippen MR) is 119 cm³/mol. The Balaban J connectivity index is 1.37. The SMILES string of the molecule is O=C(CCC(F)(F)F)c1nc[nH]c1C(=O)NC1CCC2(CC1)CCN(c1cc(F)c(F)cc1Cl)C2=O. The van der Waals surface area contributed by atoms with Crippen LogP contribution in [0.3, 0.4) is 0 Å². The lowest BCUT2D eigenvalue weighted by molar-refractivity contribution is -0.133. The molecule has 0 atom stereocenters. The molecule has 2 N–H and O–H groups in total. The molecule has 7 nitrogen and oxygen atoms in total. The standard InChI is InChI=1S/C23H22ClF5N4O3/c24-13-9-14(25)15(26)10-16(13)33-8-7-22(21(33)36)4-1-12(2-5-22)32-20(35)19-18(30-11-31-19)17(34)3-6-23(27,28)29/h9-12H,1-8H2,(H,30,31)(H,32,35). The van der Waals surface area contributed by atoms with E-state index in [-0.39, 0.29) is 40.6 Å². The van der Waals surface area contributed by atoms with Crippen LogP contribution < -0.4 is 10.2 Å². The van der Waals surface area contributed by atoms with Crippen LogP contribution in [0.25, 0.3) is 0 Å². The molecule has 2 fully saturated rings. The van der Waals surface area contributed by atoms with Crippen molar-refractivity contribution >= 4 is 34.9 Å². The summed E-state index contributed by atoms with van der Waals surface area (Å²) in [6, 6.07) is 1.39. The second-order valence-corrected chi connectivity index (χ2v) is 9.52. The van der Waals surface area contributed by atoms with Gasteiger partial charge in [0.05, 0.1) is 28.9 Å². The van der Waals surface area contributed by atoms with E-state index in [1.165, 1.54) is 4.90 Å². The van der Waals surface area contributed by atoms with Crippen molar-refractivity contribution in [1.29, 1.82) is 0 Å². The first kappa shape index (κ1) is 26.1. The molecule has 1 aliphatic carbocycles. The number of carbonyl (C=O) groups excluding carboxylic acids is 3. The Kier molecular flexibility index (Phi) is 7.09. The van der Waals surface area contributed by atoms with E-state index in [0.717, 1.165) is 18.5 Å². The number of amides is 2. The molecule has 194 valence electrons. The fourth-order valence-corrected chi connectivity index (χ4v) is 5.11. The summed E-state index contributed by atoms with van der Waals surface area (Å²) >= 11 is 6.04. The van der Waals surface area contributed by atoms with Gasteiger partial charge >= 0.3 is 6.18 Å². The van der Waals surface area contributed by atoms with Gasteiger partial charge in [-0.15, -0.1) is 0 Å². The highest BCUT2D eigenvalue weighted by Gasteiger charge is 2.49. The van der Waals surface area contributed by atoms with Crippen LogP contribution in [0.15, 0.2) is 18.5 Å². The molecule has 0 unspecified atom stereocenters. The Bertz CT molecular complexity index is 1190. The molecule has 0 bridgehead atoms. The summed E-state index contributed by atoms with van der Waals surface area (Å²) in [6.45, 7) is 0.290. The zero-order valence-corrected chi connectivity index (χ0v) is 19.6. The molecule has 2 heterocycles. The average Bonchev–Trinajstić information content (AvgIpc) is 3.42. The van der Waals surface area contributed by atoms with Crippen molar-refractivity contribution in [2.24, 2.45) is 5.41 Å². The highest BCUT2D eigenvalue weighted by Crippen LogP contribution is 2.47. The van der Waals surface area contributed by atoms with Crippen LogP contribution in [-0.4, -0.2) is 46.3 Å². The monoisotopic (exact) mass is 532 g/mol. The molecule has 1 aliphatic heterocycles. The number of aromatic nitrogens is 2. The van der Waals surface area contributed by atoms with Crippen molar-refractivity contribution in [1.82, 2.24) is 15.3 Å². The summed E-state index contributed by atoms with van der Waals surface area (Å²) in [5.74, 6) is -4.02. The van der Waals surface area contributed by atoms with Gasteiger partial charge in [0, 0.05) is 25.1 Å². The van der Waals surface area contributed by atoms with Gasteiger partial charge in [0.2, 0.25) is 5.91 Å². The molecule has 1 saturated carbocycles. The molecule has 4 rings (SSSR count). The largest absolute Gasteiger partial charge is 0.389 e. The van der Waals surface area contributed by atoms with Crippen molar-refractivity contribution in [3.8, 4) is 0 Å². The topological polar surface area (TPSA) is 95.2 Å². The van der Waals surface area contributed by atoms with Crippen LogP contribution in [0, 0.1) is 17.0 Å². The van der Waals surface area contributed by atoms with Crippen molar-refractivity contribution < 1.29 is 36.3 Å². The van der Waals surface area contributed by atoms with Gasteiger partial charge in [-0.05, 0) is 38.2 Å². The fourth-order valence-electron chi connectivity index (χ4n) is 4.86. The second kappa shape index (κ2) is 9.79. The lowest BCUT2D eigenvalue weighted by Gasteiger charge is -2.36. The average molecular weight is 533 g/mol. The predicted octanol–water partition coefficient (Wildman–Crippen LogP) is 4.96. The third-order valence-electron chi connectivity index (χ3n) is 6.84. The second-order valence-electron chi connectivity index (χ2n) is 9.12. The molecule has 1 aromatic carbocycles. The van der Waals surface area contributed by atoms with Gasteiger partial charge < -0.3 is 15.2 Å². The van der Waals surface area contributed by atoms with Crippen molar-refractivity contribution in [2.45, 2.75) is 57.2 Å². The fraction of sp³-hybridized carbons (Fsp3) is 0.478. The molecule has 13 heteroatoms. The van der Waals surface area contributed by atoms with Crippen LogP contribution in [0.2, 0.25) is 5.02 Å². The summed E-state index contributed by atoms with van der Waals surface area (Å²) in [4.78, 5) is 45.6. The minimum atomic E-state index is -4.50. The number of hydrogen-bond donors (Lipinski definition) is 2. The number of aromatic amines is 1. The molecule has 2 amide bonds. The van der Waals surface area contributed by atoms with E-state index >= 15 is 0 Å². The van der Waals surface area contributed by atoms with Gasteiger partial charge in [-0.3, -0.25) is 14.4 Å². The van der Waals surface area contributed by atoms with Crippen molar-refractivity contribution in [3.63, 3.8) is 0 Å². The molecule has 2 aromatic rings. The van der Waals surface area contributed by atoms with E-state index in [1.54, 1.807) is 0 Å². The summed E-state index contributed by atoms with van der Waals surface area (Å²) in [5, 5.41) is 2.68. The Labute approximate surface area is 207 Å². The first-order chi connectivity index (χ1) is 16.9. The van der Waals surface area contributed by atoms with Crippen LogP contribution in [0.5, 0.6) is 0 Å². The molecule has 1 aromatic heterocycles. The first-order valence-corrected chi connectivity index (χ1v) is 11.7. The van der Waals surface area contributed by atoms with Gasteiger partial charge in [0.25, 0.3) is 5.91 Å². The van der Waals surface area contributed by atoms with Gasteiger partial charge in [0.1, 0.15) is 11.4 Å². The van der Waals surface area contributed by atoms with Crippen LogP contribution in [0.4, 0.5) is 27.6 Å². The number of benzene rings is 1. The molecule has 36 heavy (non-hydrogen) atoms. The van der Waals surface area contributed by atoms with Crippen LogP contribution >= 0.6 is 11.6 Å². The molecule has 1 spiro atoms. The number of halogens is 6. The van der Waals surface area contributed by atoms with Crippen molar-refractivity contribution in [3.05, 3.63) is 46.5 Å². The minimum Gasteiger partial charge on any atom is -0.348 e. The minimum absolute atomic E-state index is 0.0691. The summed E-state index contributed by atoms with van der Waals surface area (Å²) in [7, 11) is 0. The number of nitrogens with zero attached hydrogens (tertiary/aromatic N) is 2. The molecule has 1 saturated heterocycles. The third kappa shape index (κ3) is 5.23. The number of imidazole rings is 1. The lowest BCUT2D eigenvalue weighted by Crippen LogP contribution is -2.44. The van der Waals surface area contributed by atoms with Gasteiger partial charge in [0.15, 0.2) is 17.4 Å². The highest BCUT2D eigenvalue weighted by atomic mass is 35.5. The number of nitrogens with one attached hydrogen (secondary N) is 2. The van der Waals surface area contributed by atoms with E-state index in [4.69, 9.17) is 11.6 Å². The zero-order valence-electron chi connectivity index (χ0n) is 18.9.